The Morgan fingerprint density at radius 2 is 2.07 bits per heavy atom. The van der Waals surface area contributed by atoms with Crippen LogP contribution in [-0.4, -0.2) is 31.7 Å². The van der Waals surface area contributed by atoms with Gasteiger partial charge in [-0.25, -0.2) is 9.67 Å². The molecule has 2 rings (SSSR count). The molecule has 0 unspecified atom stereocenters. The Hall–Kier alpha value is -0.900. The molecule has 4 nitrogen and oxygen atoms in total. The molecule has 0 aromatic carbocycles. The highest BCUT2D eigenvalue weighted by Crippen LogP contribution is 2.27. The predicted octanol–water partition coefficient (Wildman–Crippen LogP) is 1.53. The third-order valence-corrected chi connectivity index (χ3v) is 3.84. The Labute approximate surface area is 91.3 Å². The topological polar surface area (TPSA) is 34.0 Å². The minimum atomic E-state index is 0.233. The van der Waals surface area contributed by atoms with E-state index in [-0.39, 0.29) is 5.54 Å². The SMILES string of the molecule is CC(C)C(C)(C)N1CCn2ncnc2C1. The summed E-state index contributed by atoms with van der Waals surface area (Å²) in [5, 5.41) is 4.20. The van der Waals surface area contributed by atoms with Gasteiger partial charge in [-0.3, -0.25) is 4.90 Å². The van der Waals surface area contributed by atoms with Gasteiger partial charge < -0.3 is 0 Å². The fourth-order valence-electron chi connectivity index (χ4n) is 1.92. The van der Waals surface area contributed by atoms with Gasteiger partial charge in [-0.1, -0.05) is 13.8 Å². The summed E-state index contributed by atoms with van der Waals surface area (Å²) < 4.78 is 2.01. The molecule has 2 heterocycles. The Morgan fingerprint density at radius 1 is 1.33 bits per heavy atom. The van der Waals surface area contributed by atoms with Gasteiger partial charge in [-0.05, 0) is 19.8 Å². The summed E-state index contributed by atoms with van der Waals surface area (Å²) in [5.41, 5.74) is 0.233. The number of hydrogen-bond acceptors (Lipinski definition) is 3. The van der Waals surface area contributed by atoms with E-state index in [4.69, 9.17) is 0 Å². The highest BCUT2D eigenvalue weighted by molar-refractivity contribution is 4.94. The monoisotopic (exact) mass is 208 g/mol. The maximum atomic E-state index is 4.29. The van der Waals surface area contributed by atoms with Crippen LogP contribution >= 0.6 is 0 Å². The van der Waals surface area contributed by atoms with Gasteiger partial charge in [0.2, 0.25) is 0 Å². The minimum absolute atomic E-state index is 0.233. The molecule has 0 spiro atoms. The van der Waals surface area contributed by atoms with Crippen molar-refractivity contribution in [1.82, 2.24) is 19.7 Å². The number of nitrogens with zero attached hydrogens (tertiary/aromatic N) is 4. The van der Waals surface area contributed by atoms with E-state index in [0.29, 0.717) is 5.92 Å². The van der Waals surface area contributed by atoms with Crippen molar-refractivity contribution >= 4 is 0 Å². The number of aromatic nitrogens is 3. The second-order valence-corrected chi connectivity index (χ2v) is 5.13. The average Bonchev–Trinajstić information content (AvgIpc) is 2.63. The number of rotatable bonds is 2. The van der Waals surface area contributed by atoms with E-state index in [1.54, 1.807) is 6.33 Å². The molecule has 0 radical (unpaired) electrons. The third kappa shape index (κ3) is 1.78. The molecule has 4 heteroatoms. The molecule has 1 aromatic heterocycles. The summed E-state index contributed by atoms with van der Waals surface area (Å²) in [5.74, 6) is 1.74. The summed E-state index contributed by atoms with van der Waals surface area (Å²) in [6.45, 7) is 12.1. The van der Waals surface area contributed by atoms with Crippen molar-refractivity contribution in [2.45, 2.75) is 46.3 Å². The van der Waals surface area contributed by atoms with E-state index in [2.05, 4.69) is 42.7 Å². The molecule has 0 saturated carbocycles. The fraction of sp³-hybridized carbons (Fsp3) is 0.818. The van der Waals surface area contributed by atoms with Crippen LogP contribution in [0.15, 0.2) is 6.33 Å². The second kappa shape index (κ2) is 3.59. The summed E-state index contributed by atoms with van der Waals surface area (Å²) in [6, 6.07) is 0. The van der Waals surface area contributed by atoms with Gasteiger partial charge in [0.25, 0.3) is 0 Å². The predicted molar refractivity (Wildman–Crippen MR) is 59.3 cm³/mol. The van der Waals surface area contributed by atoms with Crippen molar-refractivity contribution in [3.8, 4) is 0 Å². The van der Waals surface area contributed by atoms with E-state index in [0.717, 1.165) is 25.5 Å². The second-order valence-electron chi connectivity index (χ2n) is 5.13. The van der Waals surface area contributed by atoms with Crippen molar-refractivity contribution in [3.05, 3.63) is 12.2 Å². The summed E-state index contributed by atoms with van der Waals surface area (Å²) in [7, 11) is 0. The van der Waals surface area contributed by atoms with Crippen molar-refractivity contribution in [1.29, 1.82) is 0 Å². The van der Waals surface area contributed by atoms with Crippen LogP contribution in [0.4, 0.5) is 0 Å². The lowest BCUT2D eigenvalue weighted by Gasteiger charge is -2.43. The van der Waals surface area contributed by atoms with Crippen LogP contribution in [0.3, 0.4) is 0 Å². The number of fused-ring (bicyclic) bond motifs is 1. The van der Waals surface area contributed by atoms with Crippen LogP contribution in [-0.2, 0) is 13.1 Å². The van der Waals surface area contributed by atoms with Crippen molar-refractivity contribution in [2.24, 2.45) is 5.92 Å². The highest BCUT2D eigenvalue weighted by atomic mass is 15.4. The molecule has 0 saturated heterocycles. The molecule has 0 amide bonds. The molecule has 0 N–H and O–H groups in total. The minimum Gasteiger partial charge on any atom is -0.289 e. The molecule has 0 aliphatic carbocycles. The molecule has 15 heavy (non-hydrogen) atoms. The third-order valence-electron chi connectivity index (χ3n) is 3.84. The lowest BCUT2D eigenvalue weighted by atomic mass is 9.88. The zero-order chi connectivity index (χ0) is 11.1. The van der Waals surface area contributed by atoms with E-state index in [9.17, 15) is 0 Å². The first-order chi connectivity index (χ1) is 7.01. The Bertz CT molecular complexity index is 340. The summed E-state index contributed by atoms with van der Waals surface area (Å²) in [4.78, 5) is 6.79. The van der Waals surface area contributed by atoms with Crippen LogP contribution in [0.2, 0.25) is 0 Å². The Morgan fingerprint density at radius 3 is 2.73 bits per heavy atom. The van der Waals surface area contributed by atoms with Gasteiger partial charge in [0.1, 0.15) is 12.2 Å². The Balaban J connectivity index is 2.16. The quantitative estimate of drug-likeness (QED) is 0.739. The van der Waals surface area contributed by atoms with E-state index < -0.39 is 0 Å². The maximum absolute atomic E-state index is 4.29. The summed E-state index contributed by atoms with van der Waals surface area (Å²) in [6.07, 6.45) is 1.65. The van der Waals surface area contributed by atoms with Crippen LogP contribution < -0.4 is 0 Å². The molecule has 0 bridgehead atoms. The summed E-state index contributed by atoms with van der Waals surface area (Å²) >= 11 is 0. The van der Waals surface area contributed by atoms with E-state index in [1.165, 1.54) is 0 Å². The molecule has 1 aliphatic heterocycles. The van der Waals surface area contributed by atoms with Gasteiger partial charge in [-0.15, -0.1) is 0 Å². The average molecular weight is 208 g/mol. The van der Waals surface area contributed by atoms with Crippen LogP contribution in [0.5, 0.6) is 0 Å². The van der Waals surface area contributed by atoms with Crippen molar-refractivity contribution in [2.75, 3.05) is 6.54 Å². The normalized spacial score (nSPS) is 18.2. The van der Waals surface area contributed by atoms with E-state index >= 15 is 0 Å². The lowest BCUT2D eigenvalue weighted by Crippen LogP contribution is -2.51. The first kappa shape index (κ1) is 10.6. The zero-order valence-electron chi connectivity index (χ0n) is 10.1. The molecular weight excluding hydrogens is 188 g/mol. The molecule has 1 aliphatic rings. The zero-order valence-corrected chi connectivity index (χ0v) is 10.1. The first-order valence-electron chi connectivity index (χ1n) is 5.63. The van der Waals surface area contributed by atoms with Crippen LogP contribution in [0.1, 0.15) is 33.5 Å². The standard InChI is InChI=1S/C11H20N4/c1-9(2)11(3,4)14-5-6-15-10(7-14)12-8-13-15/h8-9H,5-7H2,1-4H3. The van der Waals surface area contributed by atoms with Gasteiger partial charge >= 0.3 is 0 Å². The smallest absolute Gasteiger partial charge is 0.141 e. The van der Waals surface area contributed by atoms with Crippen LogP contribution in [0, 0.1) is 5.92 Å². The molecule has 1 aromatic rings. The molecule has 0 fully saturated rings. The van der Waals surface area contributed by atoms with Crippen molar-refractivity contribution in [3.63, 3.8) is 0 Å². The van der Waals surface area contributed by atoms with Gasteiger partial charge in [0, 0.05) is 12.1 Å². The largest absolute Gasteiger partial charge is 0.289 e. The maximum Gasteiger partial charge on any atom is 0.141 e. The Kier molecular flexibility index (Phi) is 2.54. The van der Waals surface area contributed by atoms with Gasteiger partial charge in [0.05, 0.1) is 13.1 Å². The van der Waals surface area contributed by atoms with Gasteiger partial charge in [0.15, 0.2) is 0 Å². The fourth-order valence-corrected chi connectivity index (χ4v) is 1.92. The lowest BCUT2D eigenvalue weighted by molar-refractivity contribution is 0.0464. The van der Waals surface area contributed by atoms with E-state index in [1.807, 2.05) is 4.68 Å². The molecular formula is C11H20N4. The van der Waals surface area contributed by atoms with Crippen LogP contribution in [0.25, 0.3) is 0 Å². The molecule has 84 valence electrons. The van der Waals surface area contributed by atoms with Gasteiger partial charge in [-0.2, -0.15) is 5.10 Å². The highest BCUT2D eigenvalue weighted by Gasteiger charge is 2.32. The first-order valence-corrected chi connectivity index (χ1v) is 5.63. The molecule has 0 atom stereocenters. The number of hydrogen-bond donors (Lipinski definition) is 0. The van der Waals surface area contributed by atoms with Crippen molar-refractivity contribution < 1.29 is 0 Å².